The van der Waals surface area contributed by atoms with E-state index < -0.39 is 0 Å². The molecule has 1 N–H and O–H groups in total. The van der Waals surface area contributed by atoms with Crippen molar-refractivity contribution < 1.29 is 9.52 Å². The highest BCUT2D eigenvalue weighted by Gasteiger charge is 2.27. The Hall–Kier alpha value is -1.70. The van der Waals surface area contributed by atoms with Crippen LogP contribution in [-0.4, -0.2) is 62.0 Å². The SMILES string of the molecule is Cn1c(CN2CCC(O)CC2)nnc1[C@H]1CCCN(Cc2ccoc2)C1. The molecule has 0 unspecified atom stereocenters. The fourth-order valence-corrected chi connectivity index (χ4v) is 4.20. The first-order valence-electron chi connectivity index (χ1n) is 9.71. The zero-order valence-corrected chi connectivity index (χ0v) is 15.5. The fourth-order valence-electron chi connectivity index (χ4n) is 4.20. The molecule has 2 saturated heterocycles. The van der Waals surface area contributed by atoms with Gasteiger partial charge in [-0.15, -0.1) is 10.2 Å². The van der Waals surface area contributed by atoms with E-state index in [9.17, 15) is 5.11 Å². The maximum absolute atomic E-state index is 9.67. The molecule has 26 heavy (non-hydrogen) atoms. The second-order valence-corrected chi connectivity index (χ2v) is 7.75. The van der Waals surface area contributed by atoms with Crippen LogP contribution in [0.1, 0.15) is 48.8 Å². The molecule has 1 atom stereocenters. The number of hydrogen-bond donors (Lipinski definition) is 1. The molecule has 0 radical (unpaired) electrons. The molecule has 2 fully saturated rings. The molecule has 0 amide bonds. The molecular weight excluding hydrogens is 330 g/mol. The van der Waals surface area contributed by atoms with E-state index in [1.165, 1.54) is 18.4 Å². The highest BCUT2D eigenvalue weighted by Crippen LogP contribution is 2.27. The molecule has 2 aromatic heterocycles. The van der Waals surface area contributed by atoms with Crippen molar-refractivity contribution in [3.05, 3.63) is 35.8 Å². The van der Waals surface area contributed by atoms with Crippen LogP contribution in [0, 0.1) is 0 Å². The van der Waals surface area contributed by atoms with Gasteiger partial charge in [-0.05, 0) is 38.3 Å². The first-order valence-corrected chi connectivity index (χ1v) is 9.71. The Bertz CT molecular complexity index is 691. The lowest BCUT2D eigenvalue weighted by molar-refractivity contribution is 0.0775. The van der Waals surface area contributed by atoms with E-state index in [2.05, 4.69) is 31.6 Å². The maximum atomic E-state index is 9.67. The molecule has 4 rings (SSSR count). The molecule has 2 aliphatic rings. The molecule has 2 aliphatic heterocycles. The van der Waals surface area contributed by atoms with Crippen LogP contribution in [0.25, 0.3) is 0 Å². The molecular formula is C19H29N5O2. The van der Waals surface area contributed by atoms with Gasteiger partial charge < -0.3 is 14.1 Å². The van der Waals surface area contributed by atoms with Gasteiger partial charge in [0.1, 0.15) is 11.6 Å². The van der Waals surface area contributed by atoms with Crippen LogP contribution in [-0.2, 0) is 20.1 Å². The molecule has 0 bridgehead atoms. The summed E-state index contributed by atoms with van der Waals surface area (Å²) >= 11 is 0. The van der Waals surface area contributed by atoms with Crippen LogP contribution in [0.5, 0.6) is 0 Å². The van der Waals surface area contributed by atoms with E-state index in [4.69, 9.17) is 4.42 Å². The summed E-state index contributed by atoms with van der Waals surface area (Å²) < 4.78 is 7.39. The van der Waals surface area contributed by atoms with Gasteiger partial charge in [0.05, 0.1) is 25.2 Å². The van der Waals surface area contributed by atoms with Crippen molar-refractivity contribution in [2.45, 2.75) is 50.8 Å². The van der Waals surface area contributed by atoms with Gasteiger partial charge in [-0.25, -0.2) is 0 Å². The van der Waals surface area contributed by atoms with Gasteiger partial charge in [0.25, 0.3) is 0 Å². The molecule has 0 spiro atoms. The van der Waals surface area contributed by atoms with E-state index in [-0.39, 0.29) is 6.10 Å². The third-order valence-electron chi connectivity index (χ3n) is 5.78. The zero-order chi connectivity index (χ0) is 17.9. The van der Waals surface area contributed by atoms with Gasteiger partial charge in [0, 0.05) is 44.7 Å². The van der Waals surface area contributed by atoms with Crippen LogP contribution in [0.3, 0.4) is 0 Å². The lowest BCUT2D eigenvalue weighted by Crippen LogP contribution is -2.36. The van der Waals surface area contributed by atoms with Crippen LogP contribution in [0.2, 0.25) is 0 Å². The monoisotopic (exact) mass is 359 g/mol. The topological polar surface area (TPSA) is 70.6 Å². The summed E-state index contributed by atoms with van der Waals surface area (Å²) in [5, 5.41) is 18.7. The van der Waals surface area contributed by atoms with Crippen molar-refractivity contribution in [1.29, 1.82) is 0 Å². The number of furan rings is 1. The molecule has 142 valence electrons. The summed E-state index contributed by atoms with van der Waals surface area (Å²) in [4.78, 5) is 4.85. The summed E-state index contributed by atoms with van der Waals surface area (Å²) in [6, 6.07) is 2.04. The van der Waals surface area contributed by atoms with E-state index in [0.29, 0.717) is 5.92 Å². The Balaban J connectivity index is 1.38. The van der Waals surface area contributed by atoms with Crippen molar-refractivity contribution in [3.63, 3.8) is 0 Å². The molecule has 0 saturated carbocycles. The van der Waals surface area contributed by atoms with Gasteiger partial charge >= 0.3 is 0 Å². The Labute approximate surface area is 154 Å². The van der Waals surface area contributed by atoms with E-state index in [1.54, 1.807) is 6.26 Å². The predicted molar refractivity (Wildman–Crippen MR) is 97.5 cm³/mol. The van der Waals surface area contributed by atoms with Crippen molar-refractivity contribution in [1.82, 2.24) is 24.6 Å². The average molecular weight is 359 g/mol. The van der Waals surface area contributed by atoms with Gasteiger partial charge in [-0.2, -0.15) is 0 Å². The minimum Gasteiger partial charge on any atom is -0.472 e. The maximum Gasteiger partial charge on any atom is 0.146 e. The van der Waals surface area contributed by atoms with Gasteiger partial charge in [0.15, 0.2) is 0 Å². The van der Waals surface area contributed by atoms with E-state index in [0.717, 1.165) is 63.8 Å². The fraction of sp³-hybridized carbons (Fsp3) is 0.684. The van der Waals surface area contributed by atoms with E-state index >= 15 is 0 Å². The average Bonchev–Trinajstić information content (AvgIpc) is 3.28. The Morgan fingerprint density at radius 3 is 2.73 bits per heavy atom. The van der Waals surface area contributed by atoms with Crippen LogP contribution >= 0.6 is 0 Å². The quantitative estimate of drug-likeness (QED) is 0.877. The predicted octanol–water partition coefficient (Wildman–Crippen LogP) is 1.74. The largest absolute Gasteiger partial charge is 0.472 e. The van der Waals surface area contributed by atoms with Gasteiger partial charge in [-0.3, -0.25) is 9.80 Å². The summed E-state index contributed by atoms with van der Waals surface area (Å²) in [5.41, 5.74) is 1.23. The lowest BCUT2D eigenvalue weighted by Gasteiger charge is -2.32. The second-order valence-electron chi connectivity index (χ2n) is 7.75. The summed E-state index contributed by atoms with van der Waals surface area (Å²) in [5.74, 6) is 2.57. The highest BCUT2D eigenvalue weighted by molar-refractivity contribution is 5.08. The number of piperidine rings is 2. The van der Waals surface area contributed by atoms with E-state index in [1.807, 2.05) is 12.3 Å². The summed E-state index contributed by atoms with van der Waals surface area (Å²) in [7, 11) is 2.10. The summed E-state index contributed by atoms with van der Waals surface area (Å²) in [6.45, 7) is 5.78. The van der Waals surface area contributed by atoms with Crippen molar-refractivity contribution in [2.24, 2.45) is 7.05 Å². The number of nitrogens with zero attached hydrogens (tertiary/aromatic N) is 5. The zero-order valence-electron chi connectivity index (χ0n) is 15.5. The Morgan fingerprint density at radius 1 is 1.12 bits per heavy atom. The minimum absolute atomic E-state index is 0.134. The first-order chi connectivity index (χ1) is 12.7. The standard InChI is InChI=1S/C19H29N5O2/c1-22-18(13-23-8-4-17(25)5-9-23)20-21-19(22)16-3-2-7-24(12-16)11-15-6-10-26-14-15/h6,10,14,16-17,25H,2-5,7-9,11-13H2,1H3/t16-/m0/s1. The third kappa shape index (κ3) is 4.00. The summed E-state index contributed by atoms with van der Waals surface area (Å²) in [6.07, 6.45) is 7.51. The van der Waals surface area contributed by atoms with Crippen LogP contribution < -0.4 is 0 Å². The molecule has 7 heteroatoms. The molecule has 7 nitrogen and oxygen atoms in total. The second kappa shape index (κ2) is 7.90. The first kappa shape index (κ1) is 17.7. The van der Waals surface area contributed by atoms with Crippen LogP contribution in [0.4, 0.5) is 0 Å². The molecule has 0 aromatic carbocycles. The molecule has 0 aliphatic carbocycles. The third-order valence-corrected chi connectivity index (χ3v) is 5.78. The smallest absolute Gasteiger partial charge is 0.146 e. The Kier molecular flexibility index (Phi) is 5.38. The number of likely N-dealkylation sites (tertiary alicyclic amines) is 2. The van der Waals surface area contributed by atoms with Gasteiger partial charge in [0.2, 0.25) is 0 Å². The van der Waals surface area contributed by atoms with Gasteiger partial charge in [-0.1, -0.05) is 0 Å². The molecule has 2 aromatic rings. The van der Waals surface area contributed by atoms with Crippen molar-refractivity contribution in [2.75, 3.05) is 26.2 Å². The van der Waals surface area contributed by atoms with Crippen molar-refractivity contribution in [3.8, 4) is 0 Å². The van der Waals surface area contributed by atoms with Crippen molar-refractivity contribution >= 4 is 0 Å². The normalized spacial score (nSPS) is 23.5. The van der Waals surface area contributed by atoms with Crippen LogP contribution in [0.15, 0.2) is 23.0 Å². The number of aliphatic hydroxyl groups is 1. The minimum atomic E-state index is -0.134. The highest BCUT2D eigenvalue weighted by atomic mass is 16.3. The number of hydrogen-bond acceptors (Lipinski definition) is 6. The number of aromatic nitrogens is 3. The number of rotatable bonds is 5. The molecule has 4 heterocycles. The lowest BCUT2D eigenvalue weighted by atomic mass is 9.97. The number of aliphatic hydroxyl groups excluding tert-OH is 1. The Morgan fingerprint density at radius 2 is 1.96 bits per heavy atom.